The number of phenols is 1. The van der Waals surface area contributed by atoms with E-state index in [9.17, 15) is 24.6 Å². The minimum atomic E-state index is -1.64. The zero-order valence-corrected chi connectivity index (χ0v) is 23.3. The van der Waals surface area contributed by atoms with Crippen LogP contribution in [0.4, 0.5) is 0 Å². The highest BCUT2D eigenvalue weighted by Crippen LogP contribution is 2.43. The number of ketones is 1. The van der Waals surface area contributed by atoms with Crippen molar-refractivity contribution in [1.29, 1.82) is 0 Å². The molecule has 1 aliphatic heterocycles. The molecule has 2 amide bonds. The number of halogens is 1. The van der Waals surface area contributed by atoms with Gasteiger partial charge in [0.05, 0.1) is 22.5 Å². The third kappa shape index (κ3) is 6.13. The molecule has 0 bridgehead atoms. The number of carbonyl (C=O) groups excluding carboxylic acids is 3. The third-order valence-electron chi connectivity index (χ3n) is 7.19. The van der Waals surface area contributed by atoms with E-state index in [-0.39, 0.29) is 34.4 Å². The Balaban J connectivity index is 1.64. The molecular weight excluding hydrogens is 536 g/mol. The summed E-state index contributed by atoms with van der Waals surface area (Å²) in [4.78, 5) is 42.1. The van der Waals surface area contributed by atoms with Crippen LogP contribution in [0.1, 0.15) is 46.5 Å². The van der Waals surface area contributed by atoms with E-state index in [1.807, 2.05) is 50.2 Å². The van der Waals surface area contributed by atoms with Gasteiger partial charge in [-0.15, -0.1) is 11.8 Å². The monoisotopic (exact) mass is 566 g/mol. The lowest BCUT2D eigenvalue weighted by atomic mass is 9.89. The first-order chi connectivity index (χ1) is 18.7. The van der Waals surface area contributed by atoms with E-state index in [4.69, 9.17) is 11.6 Å². The van der Waals surface area contributed by atoms with Gasteiger partial charge in [-0.25, -0.2) is 0 Å². The maximum Gasteiger partial charge on any atom is 0.254 e. The van der Waals surface area contributed by atoms with Crippen molar-refractivity contribution in [3.8, 4) is 5.75 Å². The molecule has 3 aromatic rings. The summed E-state index contributed by atoms with van der Waals surface area (Å²) in [7, 11) is 0. The van der Waals surface area contributed by atoms with Gasteiger partial charge in [-0.1, -0.05) is 85.3 Å². The van der Waals surface area contributed by atoms with Gasteiger partial charge in [-0.05, 0) is 37.5 Å². The van der Waals surface area contributed by atoms with Gasteiger partial charge in [0.2, 0.25) is 0 Å². The summed E-state index contributed by atoms with van der Waals surface area (Å²) in [6.45, 7) is 3.93. The minimum absolute atomic E-state index is 0.0156. The first-order valence-corrected chi connectivity index (χ1v) is 14.1. The number of hydrogen-bond donors (Lipinski definition) is 3. The normalized spacial score (nSPS) is 20.3. The SMILES string of the molecule is CCC1(C)SCN(C(=O)[C@@H](O)C(Cc2ccccc2)NC(=O)c2cccc(O)c2Cl)[C@@H]1C(=O)c1ccccc1. The molecule has 4 atom stereocenters. The maximum absolute atomic E-state index is 13.9. The van der Waals surface area contributed by atoms with E-state index in [0.717, 1.165) is 5.56 Å². The molecule has 0 aliphatic carbocycles. The van der Waals surface area contributed by atoms with Gasteiger partial charge >= 0.3 is 0 Å². The fraction of sp³-hybridized carbons (Fsp3) is 0.300. The highest BCUT2D eigenvalue weighted by molar-refractivity contribution is 8.01. The number of nitrogens with zero attached hydrogens (tertiary/aromatic N) is 1. The number of benzene rings is 3. The number of aliphatic hydroxyl groups is 1. The van der Waals surface area contributed by atoms with Crippen molar-refractivity contribution in [3.05, 3.63) is 101 Å². The Morgan fingerprint density at radius 2 is 1.69 bits per heavy atom. The van der Waals surface area contributed by atoms with Crippen LogP contribution in [0.15, 0.2) is 78.9 Å². The predicted octanol–water partition coefficient (Wildman–Crippen LogP) is 4.70. The quantitative estimate of drug-likeness (QED) is 0.324. The second-order valence-corrected chi connectivity index (χ2v) is 11.6. The van der Waals surface area contributed by atoms with Crippen molar-refractivity contribution < 1.29 is 24.6 Å². The summed E-state index contributed by atoms with van der Waals surface area (Å²) in [6.07, 6.45) is -0.851. The fourth-order valence-electron chi connectivity index (χ4n) is 4.76. The van der Waals surface area contributed by atoms with Crippen molar-refractivity contribution in [2.24, 2.45) is 0 Å². The van der Waals surface area contributed by atoms with E-state index in [1.165, 1.54) is 34.9 Å². The van der Waals surface area contributed by atoms with E-state index in [0.29, 0.717) is 12.0 Å². The van der Waals surface area contributed by atoms with Crippen LogP contribution in [0, 0.1) is 0 Å². The van der Waals surface area contributed by atoms with Crippen LogP contribution in [0.2, 0.25) is 5.02 Å². The molecule has 204 valence electrons. The van der Waals surface area contributed by atoms with E-state index in [2.05, 4.69) is 5.32 Å². The topological polar surface area (TPSA) is 107 Å². The average molecular weight is 567 g/mol. The smallest absolute Gasteiger partial charge is 0.254 e. The van der Waals surface area contributed by atoms with Gasteiger partial charge in [0, 0.05) is 10.3 Å². The Labute approximate surface area is 237 Å². The van der Waals surface area contributed by atoms with Crippen LogP contribution in [0.3, 0.4) is 0 Å². The number of rotatable bonds is 9. The molecule has 1 aliphatic rings. The molecule has 1 heterocycles. The van der Waals surface area contributed by atoms with Crippen LogP contribution < -0.4 is 5.32 Å². The van der Waals surface area contributed by atoms with Crippen molar-refractivity contribution in [3.63, 3.8) is 0 Å². The number of Topliss-reactive ketones (excluding diaryl/α,β-unsaturated/α-hetero) is 1. The Kier molecular flexibility index (Phi) is 9.00. The molecule has 0 radical (unpaired) electrons. The zero-order valence-electron chi connectivity index (χ0n) is 21.7. The molecule has 1 fully saturated rings. The molecule has 3 N–H and O–H groups in total. The molecule has 39 heavy (non-hydrogen) atoms. The third-order valence-corrected chi connectivity index (χ3v) is 9.16. The van der Waals surface area contributed by atoms with Crippen LogP contribution >= 0.6 is 23.4 Å². The summed E-state index contributed by atoms with van der Waals surface area (Å²) in [5, 5.41) is 24.0. The lowest BCUT2D eigenvalue weighted by Gasteiger charge is -2.34. The second-order valence-electron chi connectivity index (χ2n) is 9.73. The molecule has 4 rings (SSSR count). The lowest BCUT2D eigenvalue weighted by Crippen LogP contribution is -2.57. The van der Waals surface area contributed by atoms with Crippen molar-refractivity contribution >= 4 is 41.0 Å². The van der Waals surface area contributed by atoms with Crippen LogP contribution in [-0.4, -0.2) is 61.5 Å². The highest BCUT2D eigenvalue weighted by Gasteiger charge is 2.51. The first kappa shape index (κ1) is 28.7. The van der Waals surface area contributed by atoms with Crippen molar-refractivity contribution in [2.75, 3.05) is 5.88 Å². The number of aromatic hydroxyl groups is 1. The predicted molar refractivity (Wildman–Crippen MR) is 153 cm³/mol. The van der Waals surface area contributed by atoms with Crippen LogP contribution in [0.5, 0.6) is 5.75 Å². The molecule has 7 nitrogen and oxygen atoms in total. The van der Waals surface area contributed by atoms with Gasteiger partial charge in [0.15, 0.2) is 11.9 Å². The summed E-state index contributed by atoms with van der Waals surface area (Å²) >= 11 is 7.65. The van der Waals surface area contributed by atoms with Gasteiger partial charge < -0.3 is 20.4 Å². The lowest BCUT2D eigenvalue weighted by molar-refractivity contribution is -0.142. The van der Waals surface area contributed by atoms with Gasteiger partial charge in [-0.3, -0.25) is 14.4 Å². The van der Waals surface area contributed by atoms with Crippen molar-refractivity contribution in [1.82, 2.24) is 10.2 Å². The zero-order chi connectivity index (χ0) is 28.2. The van der Waals surface area contributed by atoms with Crippen LogP contribution in [-0.2, 0) is 11.2 Å². The molecule has 0 aromatic heterocycles. The molecule has 0 saturated carbocycles. The number of phenolic OH excluding ortho intramolecular Hbond substituents is 1. The molecule has 1 saturated heterocycles. The minimum Gasteiger partial charge on any atom is -0.506 e. The Morgan fingerprint density at radius 3 is 2.33 bits per heavy atom. The largest absolute Gasteiger partial charge is 0.506 e. The summed E-state index contributed by atoms with van der Waals surface area (Å²) < 4.78 is -0.546. The Bertz CT molecular complexity index is 1340. The summed E-state index contributed by atoms with van der Waals surface area (Å²) in [5.41, 5.74) is 1.30. The number of hydrogen-bond acceptors (Lipinski definition) is 6. The number of carbonyl (C=O) groups is 3. The van der Waals surface area contributed by atoms with Gasteiger partial charge in [0.25, 0.3) is 11.8 Å². The number of amides is 2. The Hall–Kier alpha value is -3.33. The molecular formula is C30H31ClN2O5S. The average Bonchev–Trinajstić information content (AvgIpc) is 3.31. The second kappa shape index (κ2) is 12.2. The first-order valence-electron chi connectivity index (χ1n) is 12.7. The molecule has 2 unspecified atom stereocenters. The van der Waals surface area contributed by atoms with E-state index < -0.39 is 34.7 Å². The molecule has 3 aromatic carbocycles. The van der Waals surface area contributed by atoms with Crippen LogP contribution in [0.25, 0.3) is 0 Å². The maximum atomic E-state index is 13.9. The van der Waals surface area contributed by atoms with Crippen molar-refractivity contribution in [2.45, 2.75) is 49.6 Å². The summed E-state index contributed by atoms with van der Waals surface area (Å²) in [5.74, 6) is -1.50. The highest BCUT2D eigenvalue weighted by atomic mass is 35.5. The molecule has 9 heteroatoms. The van der Waals surface area contributed by atoms with Gasteiger partial charge in [-0.2, -0.15) is 0 Å². The number of thioether (sulfide) groups is 1. The summed E-state index contributed by atoms with van der Waals surface area (Å²) in [6, 6.07) is 20.4. The van der Waals surface area contributed by atoms with E-state index >= 15 is 0 Å². The van der Waals surface area contributed by atoms with E-state index in [1.54, 1.807) is 24.3 Å². The Morgan fingerprint density at radius 1 is 1.05 bits per heavy atom. The molecule has 0 spiro atoms. The standard InChI is InChI=1S/C30H31ClN2O5S/c1-3-30(2)27(25(35)20-13-8-5-9-14-20)33(18-39-30)29(38)26(36)22(17-19-11-6-4-7-12-19)32-28(37)21-15-10-16-23(34)24(21)31/h4-16,22,26-27,34,36H,3,17-18H2,1-2H3,(H,32,37)/t22?,26-,27+,30?/m0/s1. The number of nitrogens with one attached hydrogen (secondary N) is 1. The number of aliphatic hydroxyl groups excluding tert-OH is 1. The van der Waals surface area contributed by atoms with Gasteiger partial charge in [0.1, 0.15) is 11.8 Å². The fourth-order valence-corrected chi connectivity index (χ4v) is 6.28.